The van der Waals surface area contributed by atoms with Crippen molar-refractivity contribution < 1.29 is 9.59 Å². The number of carbonyl (C=O) groups is 2. The number of nitrogens with zero attached hydrogens (tertiary/aromatic N) is 6. The highest BCUT2D eigenvalue weighted by Crippen LogP contribution is 2.35. The molecule has 1 aromatic carbocycles. The molecule has 3 aromatic rings. The zero-order chi connectivity index (χ0) is 25.0. The van der Waals surface area contributed by atoms with E-state index < -0.39 is 0 Å². The van der Waals surface area contributed by atoms with Crippen LogP contribution in [0.4, 0.5) is 0 Å². The summed E-state index contributed by atoms with van der Waals surface area (Å²) < 4.78 is 1.84. The van der Waals surface area contributed by atoms with Crippen LogP contribution in [0, 0.1) is 6.92 Å². The number of amides is 2. The van der Waals surface area contributed by atoms with E-state index in [1.165, 1.54) is 0 Å². The van der Waals surface area contributed by atoms with E-state index in [-0.39, 0.29) is 29.9 Å². The largest absolute Gasteiger partial charge is 0.331 e. The predicted molar refractivity (Wildman–Crippen MR) is 133 cm³/mol. The van der Waals surface area contributed by atoms with E-state index in [9.17, 15) is 9.59 Å². The first-order chi connectivity index (χ1) is 16.7. The predicted octanol–water partition coefficient (Wildman–Crippen LogP) is 4.65. The second kappa shape index (κ2) is 8.91. The van der Waals surface area contributed by atoms with Crippen molar-refractivity contribution in [1.29, 1.82) is 0 Å². The third-order valence-corrected chi connectivity index (χ3v) is 7.70. The SMILES string of the molecule is Cc1ncc([C@@H](C)N2C[C@@H](C)n3nc4c(c3C2=O)CN(C(=O)c2ccc(Cl)c(Cl)c2)[C@H](C)C4)cn1. The fourth-order valence-corrected chi connectivity index (χ4v) is 5.19. The highest BCUT2D eigenvalue weighted by Gasteiger charge is 2.40. The van der Waals surface area contributed by atoms with Crippen LogP contribution in [0.2, 0.25) is 10.0 Å². The van der Waals surface area contributed by atoms with E-state index >= 15 is 0 Å². The molecule has 0 radical (unpaired) electrons. The Morgan fingerprint density at radius 3 is 2.51 bits per heavy atom. The van der Waals surface area contributed by atoms with Gasteiger partial charge in [-0.1, -0.05) is 23.2 Å². The molecule has 0 bridgehead atoms. The van der Waals surface area contributed by atoms with Gasteiger partial charge in [0.25, 0.3) is 11.8 Å². The van der Waals surface area contributed by atoms with Crippen molar-refractivity contribution >= 4 is 35.0 Å². The molecule has 2 aromatic heterocycles. The van der Waals surface area contributed by atoms with Gasteiger partial charge >= 0.3 is 0 Å². The van der Waals surface area contributed by atoms with Crippen LogP contribution in [0.1, 0.15) is 76.3 Å². The Hall–Kier alpha value is -2.97. The van der Waals surface area contributed by atoms with Gasteiger partial charge in [0.2, 0.25) is 0 Å². The lowest BCUT2D eigenvalue weighted by molar-refractivity contribution is 0.0573. The van der Waals surface area contributed by atoms with Gasteiger partial charge in [-0.3, -0.25) is 14.3 Å². The van der Waals surface area contributed by atoms with E-state index in [0.29, 0.717) is 46.6 Å². The van der Waals surface area contributed by atoms with Gasteiger partial charge in [0, 0.05) is 48.1 Å². The van der Waals surface area contributed by atoms with Crippen LogP contribution in [0.25, 0.3) is 0 Å². The van der Waals surface area contributed by atoms with E-state index in [2.05, 4.69) is 16.9 Å². The van der Waals surface area contributed by atoms with Crippen molar-refractivity contribution in [2.45, 2.75) is 58.8 Å². The number of aryl methyl sites for hydroxylation is 1. The molecule has 10 heteroatoms. The number of aromatic nitrogens is 4. The summed E-state index contributed by atoms with van der Waals surface area (Å²) in [6.45, 7) is 8.70. The summed E-state index contributed by atoms with van der Waals surface area (Å²) in [4.78, 5) is 39.4. The molecule has 0 saturated carbocycles. The summed E-state index contributed by atoms with van der Waals surface area (Å²) in [7, 11) is 0. The fraction of sp³-hybridized carbons (Fsp3) is 0.400. The molecule has 0 aliphatic carbocycles. The molecule has 8 nitrogen and oxygen atoms in total. The maximum absolute atomic E-state index is 13.8. The number of hydrogen-bond acceptors (Lipinski definition) is 5. The second-order valence-corrected chi connectivity index (χ2v) is 10.2. The molecule has 4 heterocycles. The average molecular weight is 513 g/mol. The highest BCUT2D eigenvalue weighted by atomic mass is 35.5. The van der Waals surface area contributed by atoms with Gasteiger partial charge in [0.05, 0.1) is 34.4 Å². The van der Waals surface area contributed by atoms with Crippen molar-refractivity contribution in [1.82, 2.24) is 29.5 Å². The molecule has 0 saturated heterocycles. The molecule has 2 amide bonds. The van der Waals surface area contributed by atoms with Crippen LogP contribution in [0.15, 0.2) is 30.6 Å². The van der Waals surface area contributed by atoms with Gasteiger partial charge in [-0.15, -0.1) is 0 Å². The molecule has 0 fully saturated rings. The standard InChI is InChI=1S/C25H26Cl2N6O2/c1-13-7-22-19(12-31(13)24(34)17-5-6-20(26)21(27)8-17)23-25(35)32(11-14(2)33(23)30-22)15(3)18-9-28-16(4)29-10-18/h5-6,8-10,13-15H,7,11-12H2,1-4H3/t13-,14-,15-/m1/s1. The number of rotatable bonds is 3. The van der Waals surface area contributed by atoms with E-state index in [1.807, 2.05) is 30.4 Å². The molecule has 3 atom stereocenters. The first-order valence-corrected chi connectivity index (χ1v) is 12.4. The normalized spacial score (nSPS) is 20.5. The quantitative estimate of drug-likeness (QED) is 0.509. The summed E-state index contributed by atoms with van der Waals surface area (Å²) in [5, 5.41) is 5.54. The molecular formula is C25H26Cl2N6O2. The maximum atomic E-state index is 13.8. The van der Waals surface area contributed by atoms with Crippen molar-refractivity contribution in [3.8, 4) is 0 Å². The Kier molecular flexibility index (Phi) is 6.05. The number of benzene rings is 1. The smallest absolute Gasteiger partial charge is 0.273 e. The summed E-state index contributed by atoms with van der Waals surface area (Å²) >= 11 is 12.2. The third-order valence-electron chi connectivity index (χ3n) is 6.96. The Morgan fingerprint density at radius 1 is 1.11 bits per heavy atom. The van der Waals surface area contributed by atoms with Gasteiger partial charge in [-0.25, -0.2) is 9.97 Å². The van der Waals surface area contributed by atoms with E-state index in [0.717, 1.165) is 16.8 Å². The van der Waals surface area contributed by atoms with Crippen LogP contribution in [-0.2, 0) is 13.0 Å². The van der Waals surface area contributed by atoms with Crippen molar-refractivity contribution in [3.05, 3.63) is 74.5 Å². The summed E-state index contributed by atoms with van der Waals surface area (Å²) in [5.74, 6) is 0.439. The molecule has 0 N–H and O–H groups in total. The first-order valence-electron chi connectivity index (χ1n) is 11.6. The third kappa shape index (κ3) is 4.08. The van der Waals surface area contributed by atoms with Crippen LogP contribution in [-0.4, -0.2) is 53.9 Å². The number of hydrogen-bond donors (Lipinski definition) is 0. The molecule has 182 valence electrons. The van der Waals surface area contributed by atoms with Gasteiger partial charge in [0.15, 0.2) is 0 Å². The Bertz CT molecular complexity index is 1320. The molecule has 2 aliphatic heterocycles. The lowest BCUT2D eigenvalue weighted by atomic mass is 9.97. The van der Waals surface area contributed by atoms with Crippen molar-refractivity contribution in [3.63, 3.8) is 0 Å². The summed E-state index contributed by atoms with van der Waals surface area (Å²) in [6.07, 6.45) is 4.11. The lowest BCUT2D eigenvalue weighted by Gasteiger charge is -2.37. The second-order valence-electron chi connectivity index (χ2n) is 9.38. The number of carbonyl (C=O) groups excluding carboxylic acids is 2. The minimum absolute atomic E-state index is 0.00311. The van der Waals surface area contributed by atoms with Gasteiger partial charge < -0.3 is 9.80 Å². The van der Waals surface area contributed by atoms with Gasteiger partial charge in [-0.2, -0.15) is 5.10 Å². The topological polar surface area (TPSA) is 84.2 Å². The first kappa shape index (κ1) is 23.8. The van der Waals surface area contributed by atoms with Crippen molar-refractivity contribution in [2.24, 2.45) is 0 Å². The molecule has 0 spiro atoms. The molecule has 5 rings (SSSR count). The molecule has 2 aliphatic rings. The average Bonchev–Trinajstić information content (AvgIpc) is 3.21. The maximum Gasteiger partial charge on any atom is 0.273 e. The van der Waals surface area contributed by atoms with Crippen LogP contribution < -0.4 is 0 Å². The molecule has 35 heavy (non-hydrogen) atoms. The highest BCUT2D eigenvalue weighted by molar-refractivity contribution is 6.42. The Morgan fingerprint density at radius 2 is 1.83 bits per heavy atom. The zero-order valence-corrected chi connectivity index (χ0v) is 21.5. The number of halogens is 2. The van der Waals surface area contributed by atoms with Crippen LogP contribution in [0.3, 0.4) is 0 Å². The molecular weight excluding hydrogens is 487 g/mol. The Labute approximate surface area is 213 Å². The summed E-state index contributed by atoms with van der Waals surface area (Å²) in [5.41, 5.74) is 3.58. The van der Waals surface area contributed by atoms with Crippen molar-refractivity contribution in [2.75, 3.05) is 6.54 Å². The lowest BCUT2D eigenvalue weighted by Crippen LogP contribution is -2.45. The number of fused-ring (bicyclic) bond motifs is 3. The zero-order valence-electron chi connectivity index (χ0n) is 20.0. The minimum atomic E-state index is -0.193. The van der Waals surface area contributed by atoms with Crippen LogP contribution >= 0.6 is 23.2 Å². The van der Waals surface area contributed by atoms with Gasteiger partial charge in [-0.05, 0) is 45.9 Å². The monoisotopic (exact) mass is 512 g/mol. The van der Waals surface area contributed by atoms with Crippen LogP contribution in [0.5, 0.6) is 0 Å². The van der Waals surface area contributed by atoms with E-state index in [4.69, 9.17) is 28.3 Å². The Balaban J connectivity index is 1.48. The van der Waals surface area contributed by atoms with E-state index in [1.54, 1.807) is 35.5 Å². The fourth-order valence-electron chi connectivity index (χ4n) is 4.89. The van der Waals surface area contributed by atoms with Gasteiger partial charge in [0.1, 0.15) is 11.5 Å². The minimum Gasteiger partial charge on any atom is -0.331 e. The summed E-state index contributed by atoms with van der Waals surface area (Å²) in [6, 6.07) is 4.61. The molecule has 0 unspecified atom stereocenters.